The molecule has 1 aromatic carbocycles. The van der Waals surface area contributed by atoms with E-state index in [1.165, 1.54) is 0 Å². The van der Waals surface area contributed by atoms with Gasteiger partial charge in [-0.3, -0.25) is 0 Å². The van der Waals surface area contributed by atoms with Crippen LogP contribution in [0.15, 0.2) is 53.8 Å². The fourth-order valence-corrected chi connectivity index (χ4v) is 3.23. The first kappa shape index (κ1) is 13.2. The van der Waals surface area contributed by atoms with Gasteiger partial charge in [-0.25, -0.2) is 9.97 Å². The molecule has 1 N–H and O–H groups in total. The molecule has 118 valence electrons. The number of aromatic nitrogens is 5. The van der Waals surface area contributed by atoms with Crippen molar-refractivity contribution in [2.45, 2.75) is 0 Å². The highest BCUT2D eigenvalue weighted by Crippen LogP contribution is 2.37. The minimum atomic E-state index is 0.751. The highest BCUT2D eigenvalue weighted by Gasteiger charge is 2.18. The maximum absolute atomic E-state index is 5.80. The molecule has 4 aromatic heterocycles. The van der Waals surface area contributed by atoms with Gasteiger partial charge >= 0.3 is 0 Å². The summed E-state index contributed by atoms with van der Waals surface area (Å²) in [6.07, 6.45) is 9.30. The van der Waals surface area contributed by atoms with E-state index in [1.807, 2.05) is 48.0 Å². The number of para-hydroxylation sites is 1. The fourth-order valence-electron chi connectivity index (χ4n) is 3.23. The van der Waals surface area contributed by atoms with Gasteiger partial charge in [0.05, 0.1) is 23.1 Å². The summed E-state index contributed by atoms with van der Waals surface area (Å²) < 4.78 is 9.70. The molecule has 6 nitrogen and oxygen atoms in total. The Kier molecular flexibility index (Phi) is 2.53. The molecule has 5 aromatic rings. The summed E-state index contributed by atoms with van der Waals surface area (Å²) in [5, 5.41) is 2.18. The summed E-state index contributed by atoms with van der Waals surface area (Å²) in [7, 11) is 3.93. The molecule has 4 heterocycles. The monoisotopic (exact) mass is 317 g/mol. The van der Waals surface area contributed by atoms with E-state index in [4.69, 9.17) is 4.42 Å². The Labute approximate surface area is 137 Å². The number of hydrogen-bond donors (Lipinski definition) is 1. The number of aromatic amines is 1. The fraction of sp³-hybridized carbons (Fsp3) is 0.111. The Bertz CT molecular complexity index is 1190. The van der Waals surface area contributed by atoms with E-state index < -0.39 is 0 Å². The molecular formula is C18H15N5O. The minimum Gasteiger partial charge on any atom is -0.458 e. The lowest BCUT2D eigenvalue weighted by molar-refractivity contribution is 0.578. The highest BCUT2D eigenvalue weighted by atomic mass is 16.3. The van der Waals surface area contributed by atoms with Crippen molar-refractivity contribution in [3.63, 3.8) is 0 Å². The standard InChI is InChI=1S/C18H15N5O/c1-22-8-14(20-10-22)12-5-3-4-11-13-9-24-17(16(13)21-15(11)12)18-19-6-7-23(18)2/h3-10,21H,1-2H3. The summed E-state index contributed by atoms with van der Waals surface area (Å²) in [6.45, 7) is 0. The lowest BCUT2D eigenvalue weighted by Gasteiger charge is -2.00. The topological polar surface area (TPSA) is 64.6 Å². The number of fused-ring (bicyclic) bond motifs is 3. The minimum absolute atomic E-state index is 0.751. The van der Waals surface area contributed by atoms with Gasteiger partial charge in [0.25, 0.3) is 0 Å². The van der Waals surface area contributed by atoms with Gasteiger partial charge in [0.15, 0.2) is 11.6 Å². The van der Waals surface area contributed by atoms with Crippen molar-refractivity contribution in [1.29, 1.82) is 0 Å². The van der Waals surface area contributed by atoms with Crippen LogP contribution in [0.25, 0.3) is 44.6 Å². The average molecular weight is 317 g/mol. The number of imidazole rings is 2. The van der Waals surface area contributed by atoms with Gasteiger partial charge in [-0.05, 0) is 0 Å². The lowest BCUT2D eigenvalue weighted by Crippen LogP contribution is -1.90. The normalized spacial score (nSPS) is 11.8. The SMILES string of the molecule is Cn1cnc(-c2cccc3c2[nH]c2c(-c4nccn4C)occ23)c1. The summed E-state index contributed by atoms with van der Waals surface area (Å²) in [5.41, 5.74) is 4.05. The van der Waals surface area contributed by atoms with Crippen LogP contribution in [0.4, 0.5) is 0 Å². The maximum Gasteiger partial charge on any atom is 0.193 e. The number of rotatable bonds is 2. The molecule has 0 fully saturated rings. The van der Waals surface area contributed by atoms with Crippen LogP contribution in [0, 0.1) is 0 Å². The van der Waals surface area contributed by atoms with Gasteiger partial charge in [0.1, 0.15) is 6.26 Å². The predicted molar refractivity (Wildman–Crippen MR) is 92.5 cm³/mol. The molecule has 0 aliphatic rings. The van der Waals surface area contributed by atoms with Crippen LogP contribution < -0.4 is 0 Å². The third-order valence-corrected chi connectivity index (χ3v) is 4.40. The number of nitrogens with zero attached hydrogens (tertiary/aromatic N) is 4. The van der Waals surface area contributed by atoms with Crippen LogP contribution in [0.2, 0.25) is 0 Å². The molecule has 0 atom stereocenters. The first-order chi connectivity index (χ1) is 11.7. The van der Waals surface area contributed by atoms with Crippen LogP contribution in [-0.2, 0) is 14.1 Å². The number of furan rings is 1. The number of benzene rings is 1. The van der Waals surface area contributed by atoms with Gasteiger partial charge in [0, 0.05) is 49.0 Å². The van der Waals surface area contributed by atoms with Crippen molar-refractivity contribution in [2.24, 2.45) is 14.1 Å². The molecule has 0 aliphatic heterocycles. The van der Waals surface area contributed by atoms with E-state index >= 15 is 0 Å². The summed E-state index contributed by atoms with van der Waals surface area (Å²) in [4.78, 5) is 12.4. The number of aryl methyl sites for hydroxylation is 2. The van der Waals surface area contributed by atoms with Crippen molar-refractivity contribution in [3.05, 3.63) is 49.4 Å². The maximum atomic E-state index is 5.80. The summed E-state index contributed by atoms with van der Waals surface area (Å²) in [6, 6.07) is 6.23. The Balaban J connectivity index is 1.82. The molecule has 0 spiro atoms. The van der Waals surface area contributed by atoms with Gasteiger partial charge in [-0.15, -0.1) is 0 Å². The molecule has 0 unspecified atom stereocenters. The van der Waals surface area contributed by atoms with Crippen molar-refractivity contribution in [3.8, 4) is 22.8 Å². The van der Waals surface area contributed by atoms with E-state index in [0.29, 0.717) is 0 Å². The number of nitrogens with one attached hydrogen (secondary N) is 1. The third kappa shape index (κ3) is 1.70. The number of hydrogen-bond acceptors (Lipinski definition) is 3. The molecule has 5 rings (SSSR count). The average Bonchev–Trinajstić information content (AvgIpc) is 3.31. The van der Waals surface area contributed by atoms with Crippen molar-refractivity contribution in [2.75, 3.05) is 0 Å². The second-order valence-corrected chi connectivity index (χ2v) is 5.99. The zero-order valence-corrected chi connectivity index (χ0v) is 13.3. The summed E-state index contributed by atoms with van der Waals surface area (Å²) >= 11 is 0. The van der Waals surface area contributed by atoms with Crippen LogP contribution in [0.1, 0.15) is 0 Å². The Morgan fingerprint density at radius 1 is 1.08 bits per heavy atom. The van der Waals surface area contributed by atoms with E-state index in [-0.39, 0.29) is 0 Å². The van der Waals surface area contributed by atoms with E-state index in [1.54, 1.807) is 12.5 Å². The van der Waals surface area contributed by atoms with Crippen LogP contribution in [-0.4, -0.2) is 24.1 Å². The van der Waals surface area contributed by atoms with Crippen molar-refractivity contribution in [1.82, 2.24) is 24.1 Å². The second kappa shape index (κ2) is 4.61. The number of H-pyrrole nitrogens is 1. The van der Waals surface area contributed by atoms with Gasteiger partial charge < -0.3 is 18.5 Å². The molecule has 0 radical (unpaired) electrons. The molecule has 6 heteroatoms. The third-order valence-electron chi connectivity index (χ3n) is 4.40. The van der Waals surface area contributed by atoms with Crippen LogP contribution in [0.5, 0.6) is 0 Å². The predicted octanol–water partition coefficient (Wildman–Crippen LogP) is 3.72. The van der Waals surface area contributed by atoms with Crippen molar-refractivity contribution < 1.29 is 4.42 Å². The van der Waals surface area contributed by atoms with E-state index in [9.17, 15) is 0 Å². The van der Waals surface area contributed by atoms with Gasteiger partial charge in [-0.2, -0.15) is 0 Å². The van der Waals surface area contributed by atoms with Crippen LogP contribution >= 0.6 is 0 Å². The molecule has 24 heavy (non-hydrogen) atoms. The molecule has 0 aliphatic carbocycles. The Morgan fingerprint density at radius 3 is 2.75 bits per heavy atom. The highest BCUT2D eigenvalue weighted by molar-refractivity contribution is 6.14. The molecular weight excluding hydrogens is 302 g/mol. The van der Waals surface area contributed by atoms with Gasteiger partial charge in [-0.1, -0.05) is 18.2 Å². The van der Waals surface area contributed by atoms with Crippen molar-refractivity contribution >= 4 is 21.8 Å². The molecule has 0 amide bonds. The lowest BCUT2D eigenvalue weighted by atomic mass is 10.1. The molecule has 0 saturated heterocycles. The first-order valence-electron chi connectivity index (χ1n) is 7.70. The first-order valence-corrected chi connectivity index (χ1v) is 7.70. The molecule has 0 bridgehead atoms. The smallest absolute Gasteiger partial charge is 0.193 e. The van der Waals surface area contributed by atoms with Gasteiger partial charge in [0.2, 0.25) is 0 Å². The summed E-state index contributed by atoms with van der Waals surface area (Å²) in [5.74, 6) is 1.55. The van der Waals surface area contributed by atoms with E-state index in [2.05, 4.69) is 27.1 Å². The molecule has 0 saturated carbocycles. The Hall–Kier alpha value is -3.28. The Morgan fingerprint density at radius 2 is 2.00 bits per heavy atom. The zero-order valence-electron chi connectivity index (χ0n) is 13.3. The zero-order chi connectivity index (χ0) is 16.3. The quantitative estimate of drug-likeness (QED) is 0.540. The second-order valence-electron chi connectivity index (χ2n) is 5.99. The van der Waals surface area contributed by atoms with E-state index in [0.717, 1.165) is 44.6 Å². The largest absolute Gasteiger partial charge is 0.458 e. The van der Waals surface area contributed by atoms with Crippen LogP contribution in [0.3, 0.4) is 0 Å².